The maximum absolute atomic E-state index is 13.4. The monoisotopic (exact) mass is 494 g/mol. The molecule has 0 bridgehead atoms. The van der Waals surface area contributed by atoms with Crippen molar-refractivity contribution in [2.75, 3.05) is 58.0 Å². The van der Waals surface area contributed by atoms with Crippen molar-refractivity contribution in [1.82, 2.24) is 19.9 Å². The second-order valence-corrected chi connectivity index (χ2v) is 11.3. The number of benzene rings is 1. The van der Waals surface area contributed by atoms with Gasteiger partial charge in [0.25, 0.3) is 0 Å². The van der Waals surface area contributed by atoms with Gasteiger partial charge in [-0.05, 0) is 29.1 Å². The lowest BCUT2D eigenvalue weighted by atomic mass is 9.84. The lowest BCUT2D eigenvalue weighted by Gasteiger charge is -2.44. The van der Waals surface area contributed by atoms with Crippen LogP contribution in [0.3, 0.4) is 0 Å². The minimum Gasteiger partial charge on any atom is -0.459 e. The van der Waals surface area contributed by atoms with E-state index in [1.807, 2.05) is 4.90 Å². The van der Waals surface area contributed by atoms with Crippen molar-refractivity contribution in [3.8, 4) is 6.01 Å². The van der Waals surface area contributed by atoms with E-state index < -0.39 is 10.6 Å². The average Bonchev–Trinajstić information content (AvgIpc) is 3.33. The van der Waals surface area contributed by atoms with Crippen molar-refractivity contribution in [1.29, 1.82) is 0 Å². The third-order valence-corrected chi connectivity index (χ3v) is 8.19. The first-order valence-electron chi connectivity index (χ1n) is 11.7. The number of piperidine rings is 1. The van der Waals surface area contributed by atoms with Crippen LogP contribution in [0.15, 0.2) is 28.8 Å². The van der Waals surface area contributed by atoms with Gasteiger partial charge in [0, 0.05) is 39.2 Å². The number of rotatable bonds is 7. The van der Waals surface area contributed by atoms with Gasteiger partial charge in [0.1, 0.15) is 6.61 Å². The Kier molecular flexibility index (Phi) is 7.97. The van der Waals surface area contributed by atoms with E-state index in [0.29, 0.717) is 45.3 Å². The first kappa shape index (κ1) is 24.8. The summed E-state index contributed by atoms with van der Waals surface area (Å²) in [4.78, 5) is 21.4. The summed E-state index contributed by atoms with van der Waals surface area (Å²) >= 11 is 0. The fraction of sp³-hybridized carbons (Fsp3) is 0.609. The molecule has 0 saturated carbocycles. The molecule has 0 spiro atoms. The number of likely N-dealkylation sites (tertiary alicyclic amines) is 1. The number of amides is 2. The molecule has 2 fully saturated rings. The molecular weight excluding hydrogens is 460 g/mol. The number of aromatic nitrogens is 2. The van der Waals surface area contributed by atoms with Gasteiger partial charge in [0.2, 0.25) is 5.89 Å². The summed E-state index contributed by atoms with van der Waals surface area (Å²) in [6.07, 6.45) is 1.75. The number of hydrogen-bond donors (Lipinski definition) is 2. The number of urea groups is 1. The quantitative estimate of drug-likeness (QED) is 0.562. The Balaban J connectivity index is 1.52. The highest BCUT2D eigenvalue weighted by molar-refractivity contribution is 8.24. The molecule has 2 aliphatic heterocycles. The van der Waals surface area contributed by atoms with Crippen LogP contribution in [0.2, 0.25) is 0 Å². The van der Waals surface area contributed by atoms with Gasteiger partial charge in [-0.1, -0.05) is 31.2 Å². The van der Waals surface area contributed by atoms with Gasteiger partial charge >= 0.3 is 12.0 Å². The van der Waals surface area contributed by atoms with Gasteiger partial charge in [-0.2, -0.15) is 15.6 Å². The number of carbonyl (C=O) groups is 1. The molecule has 2 saturated heterocycles. The van der Waals surface area contributed by atoms with Crippen LogP contribution in [0.4, 0.5) is 4.79 Å². The SMILES string of the molecule is CCc1ccc(C2CC(c3nc(OCCOC)no3)CN(C(=O)N3CCS(O)(O)CC3)C2)cc1. The topological polar surface area (TPSA) is 121 Å². The number of methoxy groups -OCH3 is 1. The maximum atomic E-state index is 13.4. The molecule has 2 N–H and O–H groups in total. The number of ether oxygens (including phenoxy) is 2. The molecule has 10 nitrogen and oxygen atoms in total. The van der Waals surface area contributed by atoms with E-state index in [4.69, 9.17) is 14.0 Å². The van der Waals surface area contributed by atoms with E-state index in [2.05, 4.69) is 41.3 Å². The van der Waals surface area contributed by atoms with Gasteiger partial charge in [-0.3, -0.25) is 9.11 Å². The summed E-state index contributed by atoms with van der Waals surface area (Å²) in [5.74, 6) is 0.885. The van der Waals surface area contributed by atoms with Gasteiger partial charge in [-0.25, -0.2) is 4.79 Å². The van der Waals surface area contributed by atoms with Crippen LogP contribution in [0.5, 0.6) is 6.01 Å². The molecule has 11 heteroatoms. The first-order valence-corrected chi connectivity index (χ1v) is 13.6. The van der Waals surface area contributed by atoms with Crippen LogP contribution in [0, 0.1) is 0 Å². The standard InChI is InChI=1S/C23H34N4O6S/c1-3-17-4-6-18(7-5-17)19-14-20(21-24-22(25-33-21)32-11-10-31-2)16-27(15-19)23(28)26-8-12-34(29,30)13-9-26/h4-7,19-20,29-30H,3,8-16H2,1-2H3. The molecule has 3 heterocycles. The Bertz CT molecular complexity index is 943. The fourth-order valence-electron chi connectivity index (χ4n) is 4.48. The van der Waals surface area contributed by atoms with E-state index in [1.165, 1.54) is 11.1 Å². The molecule has 2 aromatic rings. The molecule has 2 aliphatic rings. The Hall–Kier alpha value is -2.34. The second-order valence-electron chi connectivity index (χ2n) is 8.87. The molecular formula is C23H34N4O6S. The predicted octanol–water partition coefficient (Wildman–Crippen LogP) is 3.42. The molecule has 34 heavy (non-hydrogen) atoms. The van der Waals surface area contributed by atoms with Crippen molar-refractivity contribution in [2.45, 2.75) is 31.6 Å². The Morgan fingerprint density at radius 2 is 1.82 bits per heavy atom. The van der Waals surface area contributed by atoms with Crippen LogP contribution < -0.4 is 4.74 Å². The average molecular weight is 495 g/mol. The number of hydrogen-bond acceptors (Lipinski definition) is 8. The Morgan fingerprint density at radius 3 is 2.50 bits per heavy atom. The van der Waals surface area contributed by atoms with Gasteiger partial charge in [0.05, 0.1) is 24.0 Å². The predicted molar refractivity (Wildman–Crippen MR) is 129 cm³/mol. The molecule has 0 radical (unpaired) electrons. The van der Waals surface area contributed by atoms with E-state index in [-0.39, 0.29) is 35.4 Å². The van der Waals surface area contributed by atoms with E-state index in [1.54, 1.807) is 12.0 Å². The number of carbonyl (C=O) groups excluding carboxylic acids is 1. The zero-order valence-electron chi connectivity index (χ0n) is 19.8. The van der Waals surface area contributed by atoms with E-state index in [0.717, 1.165) is 12.8 Å². The van der Waals surface area contributed by atoms with Gasteiger partial charge in [0.15, 0.2) is 0 Å². The summed E-state index contributed by atoms with van der Waals surface area (Å²) in [6.45, 7) is 4.60. The highest BCUT2D eigenvalue weighted by atomic mass is 32.3. The number of aryl methyl sites for hydroxylation is 1. The van der Waals surface area contributed by atoms with Crippen molar-refractivity contribution in [3.05, 3.63) is 41.3 Å². The molecule has 1 aromatic carbocycles. The molecule has 0 aliphatic carbocycles. The molecule has 2 atom stereocenters. The fourth-order valence-corrected chi connectivity index (χ4v) is 5.71. The van der Waals surface area contributed by atoms with Crippen LogP contribution in [-0.2, 0) is 11.2 Å². The van der Waals surface area contributed by atoms with Crippen LogP contribution in [0.25, 0.3) is 0 Å². The summed E-state index contributed by atoms with van der Waals surface area (Å²) in [5, 5.41) is 3.93. The van der Waals surface area contributed by atoms with Gasteiger partial charge < -0.3 is 23.8 Å². The van der Waals surface area contributed by atoms with Crippen LogP contribution in [-0.4, -0.2) is 93.1 Å². The summed E-state index contributed by atoms with van der Waals surface area (Å²) in [7, 11) is -0.976. The van der Waals surface area contributed by atoms with Crippen molar-refractivity contribution in [2.24, 2.45) is 0 Å². The third kappa shape index (κ3) is 6.01. The molecule has 188 valence electrons. The summed E-state index contributed by atoms with van der Waals surface area (Å²) in [5.41, 5.74) is 2.44. The highest BCUT2D eigenvalue weighted by Gasteiger charge is 2.37. The van der Waals surface area contributed by atoms with E-state index in [9.17, 15) is 13.9 Å². The summed E-state index contributed by atoms with van der Waals surface area (Å²) in [6, 6.07) is 8.62. The van der Waals surface area contributed by atoms with Crippen LogP contribution >= 0.6 is 10.6 Å². The zero-order chi connectivity index (χ0) is 24.1. The van der Waals surface area contributed by atoms with Crippen molar-refractivity contribution in [3.63, 3.8) is 0 Å². The smallest absolute Gasteiger partial charge is 0.354 e. The third-order valence-electron chi connectivity index (χ3n) is 6.52. The minimum absolute atomic E-state index is 0.0918. The van der Waals surface area contributed by atoms with Crippen molar-refractivity contribution >= 4 is 16.6 Å². The molecule has 2 amide bonds. The summed E-state index contributed by atoms with van der Waals surface area (Å²) < 4.78 is 35.8. The van der Waals surface area contributed by atoms with Crippen LogP contribution in [0.1, 0.15) is 42.2 Å². The highest BCUT2D eigenvalue weighted by Crippen LogP contribution is 2.41. The van der Waals surface area contributed by atoms with Gasteiger partial charge in [-0.15, -0.1) is 0 Å². The second kappa shape index (κ2) is 10.9. The minimum atomic E-state index is -2.57. The maximum Gasteiger partial charge on any atom is 0.354 e. The lowest BCUT2D eigenvalue weighted by Crippen LogP contribution is -2.52. The Morgan fingerprint density at radius 1 is 1.12 bits per heavy atom. The normalized spacial score (nSPS) is 23.5. The van der Waals surface area contributed by atoms with E-state index >= 15 is 0 Å². The molecule has 4 rings (SSSR count). The Labute approximate surface area is 201 Å². The first-order chi connectivity index (χ1) is 16.4. The van der Waals surface area contributed by atoms with Crippen molar-refractivity contribution < 1.29 is 27.9 Å². The molecule has 1 aromatic heterocycles. The number of nitrogens with zero attached hydrogens (tertiary/aromatic N) is 4. The zero-order valence-corrected chi connectivity index (χ0v) is 20.6. The lowest BCUT2D eigenvalue weighted by molar-refractivity contribution is 0.129. The molecule has 2 unspecified atom stereocenters. The largest absolute Gasteiger partial charge is 0.459 e.